The Balaban J connectivity index is 1.46. The van der Waals surface area contributed by atoms with Gasteiger partial charge < -0.3 is 31.5 Å². The van der Waals surface area contributed by atoms with E-state index in [4.69, 9.17) is 15.6 Å². The van der Waals surface area contributed by atoms with Crippen molar-refractivity contribution in [1.29, 1.82) is 0 Å². The summed E-state index contributed by atoms with van der Waals surface area (Å²) in [4.78, 5) is 44.9. The molecule has 37 heavy (non-hydrogen) atoms. The van der Waals surface area contributed by atoms with E-state index in [2.05, 4.69) is 31.0 Å². The fraction of sp³-hybridized carbons (Fsp3) is 0.417. The molecule has 1 aliphatic rings. The van der Waals surface area contributed by atoms with E-state index in [1.54, 1.807) is 28.9 Å². The first kappa shape index (κ1) is 25.7. The molecule has 1 saturated carbocycles. The summed E-state index contributed by atoms with van der Waals surface area (Å²) in [6.07, 6.45) is 4.25. The number of rotatable bonds is 7. The highest BCUT2D eigenvalue weighted by molar-refractivity contribution is 6.05. The Bertz CT molecular complexity index is 1330. The van der Waals surface area contributed by atoms with Crippen molar-refractivity contribution in [2.75, 3.05) is 12.8 Å². The Morgan fingerprint density at radius 1 is 1.11 bits per heavy atom. The van der Waals surface area contributed by atoms with E-state index < -0.39 is 17.5 Å². The van der Waals surface area contributed by atoms with Gasteiger partial charge in [-0.1, -0.05) is 0 Å². The SMILES string of the molecule is COc1cc(-c2cc(C(=O)N[C@H]3CC[C@H](NC(=O)C(C)(C)NC(=O)O)CC3)c3c(N)ncnn23)ccn1. The minimum Gasteiger partial charge on any atom is -0.481 e. The van der Waals surface area contributed by atoms with Crippen molar-refractivity contribution in [2.45, 2.75) is 57.2 Å². The van der Waals surface area contributed by atoms with Gasteiger partial charge in [-0.15, -0.1) is 0 Å². The zero-order valence-electron chi connectivity index (χ0n) is 20.8. The zero-order valence-corrected chi connectivity index (χ0v) is 20.8. The van der Waals surface area contributed by atoms with Crippen LogP contribution in [0, 0.1) is 0 Å². The predicted molar refractivity (Wildman–Crippen MR) is 134 cm³/mol. The number of amides is 3. The first-order valence-electron chi connectivity index (χ1n) is 11.8. The van der Waals surface area contributed by atoms with E-state index in [-0.39, 0.29) is 23.8 Å². The lowest BCUT2D eigenvalue weighted by molar-refractivity contribution is -0.127. The van der Waals surface area contributed by atoms with Crippen LogP contribution in [0.1, 0.15) is 49.9 Å². The van der Waals surface area contributed by atoms with Crippen molar-refractivity contribution in [2.24, 2.45) is 0 Å². The molecule has 1 fully saturated rings. The summed E-state index contributed by atoms with van der Waals surface area (Å²) in [7, 11) is 1.52. The molecular formula is C24H30N8O5. The second-order valence-electron chi connectivity index (χ2n) is 9.49. The number of hydrogen-bond donors (Lipinski definition) is 5. The number of nitrogens with zero attached hydrogens (tertiary/aromatic N) is 4. The normalized spacial score (nSPS) is 17.7. The van der Waals surface area contributed by atoms with Crippen LogP contribution in [0.5, 0.6) is 5.88 Å². The monoisotopic (exact) mass is 510 g/mol. The fourth-order valence-corrected chi connectivity index (χ4v) is 4.46. The minimum absolute atomic E-state index is 0.101. The molecule has 0 aromatic carbocycles. The number of nitrogens with one attached hydrogen (secondary N) is 3. The summed E-state index contributed by atoms with van der Waals surface area (Å²) >= 11 is 0. The van der Waals surface area contributed by atoms with Gasteiger partial charge in [-0.25, -0.2) is 19.3 Å². The van der Waals surface area contributed by atoms with Gasteiger partial charge in [0.05, 0.1) is 18.4 Å². The standard InChI is InChI=1S/C24H30N8O5/c1-24(2,31-23(35)36)22(34)30-15-6-4-14(5-7-15)29-21(33)16-11-17(13-8-9-26-18(10-13)37-3)32-19(16)20(25)27-12-28-32/h8-12,14-15,31H,4-7H2,1-3H3,(H,29,33)(H,30,34)(H,35,36)(H2,25,27,28)/t14-,15-. The molecule has 0 radical (unpaired) electrons. The summed E-state index contributed by atoms with van der Waals surface area (Å²) in [5.41, 5.74) is 7.02. The van der Waals surface area contributed by atoms with Gasteiger partial charge in [-0.3, -0.25) is 9.59 Å². The first-order valence-corrected chi connectivity index (χ1v) is 11.8. The highest BCUT2D eigenvalue weighted by atomic mass is 16.5. The molecule has 0 aliphatic heterocycles. The number of carbonyl (C=O) groups excluding carboxylic acids is 2. The van der Waals surface area contributed by atoms with Crippen molar-refractivity contribution >= 4 is 29.2 Å². The molecule has 3 heterocycles. The van der Waals surface area contributed by atoms with Gasteiger partial charge in [0.2, 0.25) is 11.8 Å². The molecule has 0 saturated heterocycles. The molecule has 196 valence electrons. The number of aromatic nitrogens is 4. The number of fused-ring (bicyclic) bond motifs is 1. The lowest BCUT2D eigenvalue weighted by Crippen LogP contribution is -2.57. The van der Waals surface area contributed by atoms with E-state index in [1.165, 1.54) is 27.3 Å². The Kier molecular flexibility index (Phi) is 7.14. The van der Waals surface area contributed by atoms with Gasteiger partial charge >= 0.3 is 6.09 Å². The molecular weight excluding hydrogens is 480 g/mol. The van der Waals surface area contributed by atoms with Crippen molar-refractivity contribution in [1.82, 2.24) is 35.5 Å². The maximum absolute atomic E-state index is 13.3. The summed E-state index contributed by atoms with van der Waals surface area (Å²) in [6.45, 7) is 3.02. The number of carbonyl (C=O) groups is 3. The van der Waals surface area contributed by atoms with Crippen LogP contribution in [0.4, 0.5) is 10.6 Å². The summed E-state index contributed by atoms with van der Waals surface area (Å²) in [6, 6.07) is 5.03. The van der Waals surface area contributed by atoms with Crippen LogP contribution in [0.15, 0.2) is 30.7 Å². The van der Waals surface area contributed by atoms with Crippen molar-refractivity contribution < 1.29 is 24.2 Å². The Morgan fingerprint density at radius 3 is 2.43 bits per heavy atom. The second kappa shape index (κ2) is 10.3. The summed E-state index contributed by atoms with van der Waals surface area (Å²) < 4.78 is 6.80. The van der Waals surface area contributed by atoms with Crippen LogP contribution < -0.4 is 26.4 Å². The molecule has 6 N–H and O–H groups in total. The highest BCUT2D eigenvalue weighted by Gasteiger charge is 2.33. The van der Waals surface area contributed by atoms with Gasteiger partial charge in [-0.2, -0.15) is 5.10 Å². The first-order chi connectivity index (χ1) is 17.6. The molecule has 3 aromatic rings. The number of anilines is 1. The van der Waals surface area contributed by atoms with Crippen LogP contribution in [0.3, 0.4) is 0 Å². The third kappa shape index (κ3) is 5.55. The molecule has 13 heteroatoms. The van der Waals surface area contributed by atoms with E-state index >= 15 is 0 Å². The number of carboxylic acid groups (broad SMARTS) is 1. The number of nitrogen functional groups attached to an aromatic ring is 1. The van der Waals surface area contributed by atoms with E-state index in [1.807, 2.05) is 0 Å². The molecule has 13 nitrogen and oxygen atoms in total. The van der Waals surface area contributed by atoms with Gasteiger partial charge in [0.1, 0.15) is 17.4 Å². The molecule has 3 amide bonds. The highest BCUT2D eigenvalue weighted by Crippen LogP contribution is 2.29. The summed E-state index contributed by atoms with van der Waals surface area (Å²) in [5.74, 6) is -0.0909. The lowest BCUT2D eigenvalue weighted by atomic mass is 9.90. The maximum atomic E-state index is 13.3. The minimum atomic E-state index is -1.26. The van der Waals surface area contributed by atoms with E-state index in [0.29, 0.717) is 48.3 Å². The van der Waals surface area contributed by atoms with Crippen molar-refractivity contribution in [3.8, 4) is 17.1 Å². The Morgan fingerprint density at radius 2 is 1.78 bits per heavy atom. The fourth-order valence-electron chi connectivity index (χ4n) is 4.46. The van der Waals surface area contributed by atoms with Crippen molar-refractivity contribution in [3.63, 3.8) is 0 Å². The Labute approximate surface area is 212 Å². The predicted octanol–water partition coefficient (Wildman–Crippen LogP) is 1.59. The van der Waals surface area contributed by atoms with Crippen LogP contribution in [0.2, 0.25) is 0 Å². The average Bonchev–Trinajstić information content (AvgIpc) is 3.26. The number of pyridine rings is 1. The molecule has 4 rings (SSSR count). The topological polar surface area (TPSA) is 186 Å². The van der Waals surface area contributed by atoms with Gasteiger partial charge in [0.15, 0.2) is 5.82 Å². The van der Waals surface area contributed by atoms with Crippen LogP contribution >= 0.6 is 0 Å². The average molecular weight is 511 g/mol. The molecule has 0 atom stereocenters. The largest absolute Gasteiger partial charge is 0.481 e. The summed E-state index contributed by atoms with van der Waals surface area (Å²) in [5, 5.41) is 21.4. The number of ether oxygens (including phenoxy) is 1. The van der Waals surface area contributed by atoms with E-state index in [0.717, 1.165) is 5.56 Å². The molecule has 1 aliphatic carbocycles. The van der Waals surface area contributed by atoms with Crippen LogP contribution in [-0.4, -0.2) is 67.3 Å². The number of nitrogens with two attached hydrogens (primary N) is 1. The molecule has 0 unspecified atom stereocenters. The van der Waals surface area contributed by atoms with E-state index in [9.17, 15) is 14.4 Å². The van der Waals surface area contributed by atoms with Crippen LogP contribution in [0.25, 0.3) is 16.8 Å². The molecule has 0 bridgehead atoms. The second-order valence-corrected chi connectivity index (χ2v) is 9.49. The van der Waals surface area contributed by atoms with Crippen molar-refractivity contribution in [3.05, 3.63) is 36.3 Å². The number of hydrogen-bond acceptors (Lipinski definition) is 8. The smallest absolute Gasteiger partial charge is 0.405 e. The maximum Gasteiger partial charge on any atom is 0.405 e. The zero-order chi connectivity index (χ0) is 26.7. The molecule has 3 aromatic heterocycles. The van der Waals surface area contributed by atoms with Gasteiger partial charge in [-0.05, 0) is 51.7 Å². The third-order valence-corrected chi connectivity index (χ3v) is 6.45. The third-order valence-electron chi connectivity index (χ3n) is 6.45. The quantitative estimate of drug-likeness (QED) is 0.315. The van der Waals surface area contributed by atoms with Crippen LogP contribution in [-0.2, 0) is 4.79 Å². The Hall–Kier alpha value is -4.42. The van der Waals surface area contributed by atoms with Gasteiger partial charge in [0, 0.05) is 29.9 Å². The number of methoxy groups -OCH3 is 1. The van der Waals surface area contributed by atoms with Gasteiger partial charge in [0.25, 0.3) is 5.91 Å². The lowest BCUT2D eigenvalue weighted by Gasteiger charge is -2.32. The molecule has 0 spiro atoms.